The number of hydrogen-bond donors (Lipinski definition) is 0. The van der Waals surface area contributed by atoms with Crippen molar-refractivity contribution in [1.82, 2.24) is 0 Å². The normalized spacial score (nSPS) is 28.5. The van der Waals surface area contributed by atoms with Crippen LogP contribution in [0.2, 0.25) is 0 Å². The summed E-state index contributed by atoms with van der Waals surface area (Å²) in [5.41, 5.74) is 2.04. The Morgan fingerprint density at radius 2 is 1.76 bits per heavy atom. The maximum Gasteiger partial charge on any atom is 0.266 e. The number of ether oxygens (including phenoxy) is 1. The molecule has 3 aliphatic rings. The minimum Gasteiger partial charge on any atom is -0.343 e. The number of benzene rings is 1. The van der Waals surface area contributed by atoms with Gasteiger partial charge in [-0.3, -0.25) is 0 Å². The Kier molecular flexibility index (Phi) is 4.77. The van der Waals surface area contributed by atoms with Crippen LogP contribution < -0.4 is 0 Å². The van der Waals surface area contributed by atoms with E-state index in [4.69, 9.17) is 0 Å². The zero-order valence-electron chi connectivity index (χ0n) is 15.7. The number of rotatable bonds is 5. The number of halogens is 4. The molecule has 156 valence electrons. The molecule has 29 heavy (non-hydrogen) atoms. The average molecular weight is 428 g/mol. The van der Waals surface area contributed by atoms with E-state index < -0.39 is 33.7 Å². The van der Waals surface area contributed by atoms with Gasteiger partial charge in [-0.15, -0.1) is 0 Å². The molecule has 0 aliphatic heterocycles. The first kappa shape index (κ1) is 20.3. The van der Waals surface area contributed by atoms with Gasteiger partial charge in [0.15, 0.2) is 6.01 Å². The molecule has 0 radical (unpaired) electrons. The van der Waals surface area contributed by atoms with E-state index in [2.05, 4.69) is 4.74 Å². The molecule has 1 fully saturated rings. The molecule has 0 saturated heterocycles. The summed E-state index contributed by atoms with van der Waals surface area (Å²) in [6.07, 6.45) is 2.63. The Morgan fingerprint density at radius 3 is 2.31 bits per heavy atom. The maximum atomic E-state index is 14.8. The van der Waals surface area contributed by atoms with Crippen molar-refractivity contribution in [1.29, 1.82) is 0 Å². The Balaban J connectivity index is 1.77. The van der Waals surface area contributed by atoms with Crippen LogP contribution in [0.5, 0.6) is 0 Å². The highest BCUT2D eigenvalue weighted by atomic mass is 32.2. The third-order valence-electron chi connectivity index (χ3n) is 6.07. The van der Waals surface area contributed by atoms with Gasteiger partial charge in [-0.05, 0) is 66.0 Å². The number of methoxy groups -OCH3 is 1. The predicted molar refractivity (Wildman–Crippen MR) is 100 cm³/mol. The van der Waals surface area contributed by atoms with Crippen molar-refractivity contribution in [2.24, 2.45) is 5.41 Å². The van der Waals surface area contributed by atoms with E-state index in [-0.39, 0.29) is 15.9 Å². The highest BCUT2D eigenvalue weighted by Crippen LogP contribution is 2.63. The second-order valence-corrected chi connectivity index (χ2v) is 9.84. The van der Waals surface area contributed by atoms with E-state index in [0.29, 0.717) is 24.0 Å². The number of hydrogen-bond acceptors (Lipinski definition) is 3. The summed E-state index contributed by atoms with van der Waals surface area (Å²) in [4.78, 5) is -0.140. The Hall–Kier alpha value is -1.93. The van der Waals surface area contributed by atoms with Crippen LogP contribution in [0.4, 0.5) is 17.6 Å². The smallest absolute Gasteiger partial charge is 0.266 e. The molecule has 1 spiro atoms. The first-order chi connectivity index (χ1) is 13.6. The first-order valence-electron chi connectivity index (χ1n) is 9.23. The van der Waals surface area contributed by atoms with Gasteiger partial charge in [0.2, 0.25) is 16.0 Å². The van der Waals surface area contributed by atoms with Gasteiger partial charge in [0, 0.05) is 12.7 Å². The molecule has 0 bridgehead atoms. The largest absolute Gasteiger partial charge is 0.343 e. The standard InChI is InChI=1S/C21H20F4O3S/c1-28-21(25)7-6-15(18(23)19(21)24)17-11-20(8-9-20)10-16(17)13-2-4-14(5-3-13)29(26,27)12-22/h2-7,19H,8-12H2,1H3. The highest BCUT2D eigenvalue weighted by Gasteiger charge is 2.51. The van der Waals surface area contributed by atoms with Crippen molar-refractivity contribution in [3.8, 4) is 0 Å². The van der Waals surface area contributed by atoms with Gasteiger partial charge in [0.25, 0.3) is 5.85 Å². The summed E-state index contributed by atoms with van der Waals surface area (Å²) < 4.78 is 84.1. The third-order valence-corrected chi connectivity index (χ3v) is 7.35. The van der Waals surface area contributed by atoms with Gasteiger partial charge >= 0.3 is 0 Å². The molecule has 0 aromatic heterocycles. The molecule has 0 heterocycles. The lowest BCUT2D eigenvalue weighted by Gasteiger charge is -2.28. The highest BCUT2D eigenvalue weighted by molar-refractivity contribution is 7.91. The Bertz CT molecular complexity index is 1040. The van der Waals surface area contributed by atoms with Crippen molar-refractivity contribution in [3.63, 3.8) is 0 Å². The van der Waals surface area contributed by atoms with Gasteiger partial charge in [0.05, 0.1) is 4.90 Å². The zero-order chi connectivity index (χ0) is 21.0. The van der Waals surface area contributed by atoms with Gasteiger partial charge in [-0.1, -0.05) is 18.2 Å². The van der Waals surface area contributed by atoms with E-state index in [9.17, 15) is 26.0 Å². The molecule has 3 aliphatic carbocycles. The molecule has 1 saturated carbocycles. The molecule has 2 unspecified atom stereocenters. The summed E-state index contributed by atoms with van der Waals surface area (Å²) in [7, 11) is -3.01. The van der Waals surface area contributed by atoms with Crippen LogP contribution in [-0.4, -0.2) is 33.6 Å². The van der Waals surface area contributed by atoms with Crippen LogP contribution in [0.1, 0.15) is 31.2 Å². The quantitative estimate of drug-likeness (QED) is 0.609. The van der Waals surface area contributed by atoms with E-state index in [1.807, 2.05) is 0 Å². The summed E-state index contributed by atoms with van der Waals surface area (Å²) in [6, 6.07) is 4.22. The van der Waals surface area contributed by atoms with Gasteiger partial charge < -0.3 is 4.74 Å². The predicted octanol–water partition coefficient (Wildman–Crippen LogP) is 5.16. The lowest BCUT2D eigenvalue weighted by Crippen LogP contribution is -2.37. The maximum absolute atomic E-state index is 14.8. The van der Waals surface area contributed by atoms with E-state index >= 15 is 0 Å². The number of sulfone groups is 1. The van der Waals surface area contributed by atoms with Crippen molar-refractivity contribution < 1.29 is 30.7 Å². The fourth-order valence-corrected chi connectivity index (χ4v) is 4.78. The van der Waals surface area contributed by atoms with E-state index in [1.54, 1.807) is 12.1 Å². The molecule has 4 rings (SSSR count). The van der Waals surface area contributed by atoms with Crippen LogP contribution in [-0.2, 0) is 14.6 Å². The summed E-state index contributed by atoms with van der Waals surface area (Å²) in [6.45, 7) is 0. The van der Waals surface area contributed by atoms with Crippen LogP contribution >= 0.6 is 0 Å². The van der Waals surface area contributed by atoms with Crippen LogP contribution in [0, 0.1) is 5.41 Å². The van der Waals surface area contributed by atoms with Crippen molar-refractivity contribution in [2.75, 3.05) is 13.1 Å². The Morgan fingerprint density at radius 1 is 1.14 bits per heavy atom. The summed E-state index contributed by atoms with van der Waals surface area (Å²) >= 11 is 0. The summed E-state index contributed by atoms with van der Waals surface area (Å²) in [5, 5.41) is 0. The molecule has 2 atom stereocenters. The fraction of sp³-hybridized carbons (Fsp3) is 0.429. The second-order valence-electron chi connectivity index (χ2n) is 7.92. The monoisotopic (exact) mass is 428 g/mol. The molecule has 8 heteroatoms. The van der Waals surface area contributed by atoms with Crippen LogP contribution in [0.3, 0.4) is 0 Å². The zero-order valence-corrected chi connectivity index (χ0v) is 16.5. The topological polar surface area (TPSA) is 43.4 Å². The third kappa shape index (κ3) is 3.36. The molecule has 1 aromatic carbocycles. The minimum absolute atomic E-state index is 0.00715. The van der Waals surface area contributed by atoms with Crippen molar-refractivity contribution in [3.05, 3.63) is 59.0 Å². The summed E-state index contributed by atoms with van der Waals surface area (Å²) in [5.74, 6) is -4.05. The fourth-order valence-electron chi connectivity index (χ4n) is 4.10. The molecule has 0 N–H and O–H groups in total. The Labute approximate surface area is 166 Å². The molecule has 3 nitrogen and oxygen atoms in total. The molecular formula is C21H20F4O3S. The van der Waals surface area contributed by atoms with Crippen molar-refractivity contribution in [2.45, 2.75) is 42.6 Å². The van der Waals surface area contributed by atoms with Crippen LogP contribution in [0.25, 0.3) is 5.57 Å². The number of alkyl halides is 3. The first-order valence-corrected chi connectivity index (χ1v) is 10.9. The lowest BCUT2D eigenvalue weighted by atomic mass is 9.90. The van der Waals surface area contributed by atoms with Crippen LogP contribution in [0.15, 0.2) is 58.3 Å². The molecular weight excluding hydrogens is 408 g/mol. The van der Waals surface area contributed by atoms with Gasteiger partial charge in [-0.25, -0.2) is 26.0 Å². The molecule has 1 aromatic rings. The molecule has 0 amide bonds. The average Bonchev–Trinajstić information content (AvgIpc) is 3.37. The lowest BCUT2D eigenvalue weighted by molar-refractivity contribution is -0.125. The number of allylic oxidation sites excluding steroid dienone is 4. The van der Waals surface area contributed by atoms with E-state index in [0.717, 1.165) is 31.6 Å². The second kappa shape index (κ2) is 6.80. The van der Waals surface area contributed by atoms with Gasteiger partial charge in [0.1, 0.15) is 5.83 Å². The van der Waals surface area contributed by atoms with E-state index in [1.165, 1.54) is 18.2 Å². The van der Waals surface area contributed by atoms with Crippen molar-refractivity contribution >= 4 is 15.4 Å². The SMILES string of the molecule is COC1(F)C=CC(C2=C(c3ccc(S(=O)(=O)CF)cc3)CC3(CC3)C2)=C(F)C1F. The van der Waals surface area contributed by atoms with Gasteiger partial charge in [-0.2, -0.15) is 0 Å². The minimum atomic E-state index is -3.98.